The van der Waals surface area contributed by atoms with E-state index in [1.807, 2.05) is 30.3 Å². The van der Waals surface area contributed by atoms with Crippen molar-refractivity contribution in [2.45, 2.75) is 46.5 Å². The summed E-state index contributed by atoms with van der Waals surface area (Å²) in [6, 6.07) is 9.97. The minimum Gasteiger partial charge on any atom is -0.388 e. The van der Waals surface area contributed by atoms with Crippen LogP contribution in [0.5, 0.6) is 0 Å². The van der Waals surface area contributed by atoms with E-state index in [0.717, 1.165) is 5.56 Å². The van der Waals surface area contributed by atoms with E-state index in [0.29, 0.717) is 0 Å². The Morgan fingerprint density at radius 1 is 1.05 bits per heavy atom. The van der Waals surface area contributed by atoms with Crippen LogP contribution < -0.4 is 0 Å². The number of benzene rings is 1. The summed E-state index contributed by atoms with van der Waals surface area (Å²) in [6.45, 7) is 13.5. The Bertz CT molecular complexity index is 409. The third kappa shape index (κ3) is 5.33. The number of aliphatic hydroxyl groups is 1. The van der Waals surface area contributed by atoms with Gasteiger partial charge in [-0.1, -0.05) is 82.5 Å². The molecule has 0 spiro atoms. The summed E-state index contributed by atoms with van der Waals surface area (Å²) in [4.78, 5) is 0. The molecule has 0 saturated heterocycles. The Labute approximate surface area is 119 Å². The van der Waals surface area contributed by atoms with Crippen LogP contribution in [0.1, 0.15) is 32.4 Å². The molecule has 106 valence electrons. The lowest BCUT2D eigenvalue weighted by Gasteiger charge is -2.33. The highest BCUT2D eigenvalue weighted by molar-refractivity contribution is 6.80. The summed E-state index contributed by atoms with van der Waals surface area (Å²) < 4.78 is 0. The molecule has 0 fully saturated rings. The van der Waals surface area contributed by atoms with Crippen molar-refractivity contribution in [3.8, 4) is 0 Å². The van der Waals surface area contributed by atoms with Gasteiger partial charge in [0, 0.05) is 5.92 Å². The van der Waals surface area contributed by atoms with Gasteiger partial charge >= 0.3 is 0 Å². The molecule has 0 aliphatic heterocycles. The van der Waals surface area contributed by atoms with Crippen LogP contribution >= 0.6 is 0 Å². The van der Waals surface area contributed by atoms with Gasteiger partial charge in [0.1, 0.15) is 0 Å². The topological polar surface area (TPSA) is 20.2 Å². The second-order valence-corrected chi connectivity index (χ2v) is 12.5. The summed E-state index contributed by atoms with van der Waals surface area (Å²) in [5.41, 5.74) is 3.39. The fraction of sp³-hybridized carbons (Fsp3) is 0.529. The molecule has 0 radical (unpaired) electrons. The van der Waals surface area contributed by atoms with Crippen molar-refractivity contribution >= 4 is 8.07 Å². The fourth-order valence-corrected chi connectivity index (χ4v) is 2.90. The highest BCUT2D eigenvalue weighted by Gasteiger charge is 2.30. The first-order valence-electron chi connectivity index (χ1n) is 7.03. The molecule has 1 nitrogen and oxygen atoms in total. The lowest BCUT2D eigenvalue weighted by Crippen LogP contribution is -2.27. The molecule has 0 bridgehead atoms. The van der Waals surface area contributed by atoms with Crippen molar-refractivity contribution in [1.82, 2.24) is 0 Å². The maximum Gasteiger partial charge on any atom is 0.0857 e. The molecule has 0 saturated carbocycles. The van der Waals surface area contributed by atoms with Crippen LogP contribution in [0.15, 0.2) is 42.1 Å². The third-order valence-corrected chi connectivity index (χ3v) is 4.48. The molecule has 2 heteroatoms. The Morgan fingerprint density at radius 3 is 2.00 bits per heavy atom. The predicted octanol–water partition coefficient (Wildman–Crippen LogP) is 4.82. The largest absolute Gasteiger partial charge is 0.388 e. The Morgan fingerprint density at radius 2 is 1.58 bits per heavy atom. The molecule has 2 atom stereocenters. The predicted molar refractivity (Wildman–Crippen MR) is 86.8 cm³/mol. The van der Waals surface area contributed by atoms with E-state index in [1.54, 1.807) is 0 Å². The average Bonchev–Trinajstić information content (AvgIpc) is 2.26. The molecule has 0 aromatic heterocycles. The molecule has 1 aromatic rings. The smallest absolute Gasteiger partial charge is 0.0857 e. The van der Waals surface area contributed by atoms with E-state index in [1.165, 1.54) is 0 Å². The van der Waals surface area contributed by atoms with Gasteiger partial charge in [0.2, 0.25) is 0 Å². The second-order valence-electron chi connectivity index (χ2n) is 7.47. The van der Waals surface area contributed by atoms with E-state index < -0.39 is 14.2 Å². The van der Waals surface area contributed by atoms with Crippen LogP contribution in [0.2, 0.25) is 19.6 Å². The van der Waals surface area contributed by atoms with Crippen molar-refractivity contribution in [2.75, 3.05) is 0 Å². The maximum absolute atomic E-state index is 10.7. The molecule has 1 aromatic carbocycles. The monoisotopic (exact) mass is 276 g/mol. The van der Waals surface area contributed by atoms with Crippen LogP contribution in [0, 0.1) is 11.3 Å². The number of rotatable bonds is 4. The highest BCUT2D eigenvalue weighted by Crippen LogP contribution is 2.37. The van der Waals surface area contributed by atoms with Crippen LogP contribution in [0.25, 0.3) is 0 Å². The van der Waals surface area contributed by atoms with Crippen molar-refractivity contribution in [2.24, 2.45) is 11.3 Å². The van der Waals surface area contributed by atoms with Gasteiger partial charge in [-0.05, 0) is 11.0 Å². The lowest BCUT2D eigenvalue weighted by atomic mass is 9.75. The molecule has 19 heavy (non-hydrogen) atoms. The zero-order valence-corrected chi connectivity index (χ0v) is 14.1. The molecular weight excluding hydrogens is 248 g/mol. The Hall–Kier alpha value is -0.863. The van der Waals surface area contributed by atoms with Gasteiger partial charge in [-0.25, -0.2) is 0 Å². The first kappa shape index (κ1) is 16.2. The first-order valence-corrected chi connectivity index (χ1v) is 10.6. The molecule has 0 aliphatic carbocycles. The molecular formula is C17H28OSi. The van der Waals surface area contributed by atoms with Gasteiger partial charge < -0.3 is 5.11 Å². The molecule has 1 N–H and O–H groups in total. The third-order valence-electron chi connectivity index (χ3n) is 3.28. The average molecular weight is 276 g/mol. The maximum atomic E-state index is 10.7. The van der Waals surface area contributed by atoms with Crippen molar-refractivity contribution in [3.63, 3.8) is 0 Å². The van der Waals surface area contributed by atoms with Gasteiger partial charge in [0.05, 0.1) is 14.2 Å². The van der Waals surface area contributed by atoms with E-state index in [4.69, 9.17) is 0 Å². The Kier molecular flexibility index (Phi) is 5.16. The quantitative estimate of drug-likeness (QED) is 0.782. The van der Waals surface area contributed by atoms with Crippen LogP contribution in [0.4, 0.5) is 0 Å². The van der Waals surface area contributed by atoms with E-state index in [-0.39, 0.29) is 11.3 Å². The van der Waals surface area contributed by atoms with Crippen LogP contribution in [-0.2, 0) is 0 Å². The van der Waals surface area contributed by atoms with Gasteiger partial charge in [-0.15, -0.1) is 0 Å². The molecule has 0 amide bonds. The van der Waals surface area contributed by atoms with Crippen LogP contribution in [0.3, 0.4) is 0 Å². The summed E-state index contributed by atoms with van der Waals surface area (Å²) in [7, 11) is -1.24. The van der Waals surface area contributed by atoms with Crippen LogP contribution in [-0.4, -0.2) is 13.2 Å². The second kappa shape index (κ2) is 6.06. The molecule has 0 heterocycles. The van der Waals surface area contributed by atoms with Crippen molar-refractivity contribution in [3.05, 3.63) is 47.7 Å². The van der Waals surface area contributed by atoms with Crippen molar-refractivity contribution in [1.29, 1.82) is 0 Å². The summed E-state index contributed by atoms with van der Waals surface area (Å²) in [6.07, 6.45) is 1.80. The van der Waals surface area contributed by atoms with Gasteiger partial charge in [-0.3, -0.25) is 0 Å². The summed E-state index contributed by atoms with van der Waals surface area (Å²) in [5.74, 6) is 0.140. The summed E-state index contributed by atoms with van der Waals surface area (Å²) >= 11 is 0. The molecule has 2 unspecified atom stereocenters. The van der Waals surface area contributed by atoms with E-state index in [2.05, 4.69) is 52.2 Å². The van der Waals surface area contributed by atoms with Gasteiger partial charge in [-0.2, -0.15) is 0 Å². The highest BCUT2D eigenvalue weighted by atomic mass is 28.3. The zero-order valence-electron chi connectivity index (χ0n) is 13.1. The number of aliphatic hydroxyl groups excluding tert-OH is 1. The zero-order chi connectivity index (χ0) is 14.7. The standard InChI is InChI=1S/C17H28OSi/c1-17(2,3)15(12-13-19(4,5)6)16(18)14-10-8-7-9-11-14/h7-13,15-16,18H,1-6H3/b13-12+. The normalized spacial score (nSPS) is 16.6. The fourth-order valence-electron chi connectivity index (χ4n) is 2.12. The van der Waals surface area contributed by atoms with Crippen molar-refractivity contribution < 1.29 is 5.11 Å². The van der Waals surface area contributed by atoms with Gasteiger partial charge in [0.25, 0.3) is 0 Å². The van der Waals surface area contributed by atoms with Gasteiger partial charge in [0.15, 0.2) is 0 Å². The van der Waals surface area contributed by atoms with E-state index in [9.17, 15) is 5.11 Å². The Balaban J connectivity index is 3.02. The lowest BCUT2D eigenvalue weighted by molar-refractivity contribution is 0.0713. The molecule has 0 aliphatic rings. The SMILES string of the molecule is CC(C)(C)C(/C=C/[Si](C)(C)C)C(O)c1ccccc1. The first-order chi connectivity index (χ1) is 8.61. The minimum absolute atomic E-state index is 0.0470. The molecule has 1 rings (SSSR count). The van der Waals surface area contributed by atoms with E-state index >= 15 is 0 Å². The number of hydrogen-bond donors (Lipinski definition) is 1. The minimum atomic E-state index is -1.24. The number of hydrogen-bond acceptors (Lipinski definition) is 1. The summed E-state index contributed by atoms with van der Waals surface area (Å²) in [5, 5.41) is 10.7.